The summed E-state index contributed by atoms with van der Waals surface area (Å²) in [6, 6.07) is -1.12. The first-order valence-corrected chi connectivity index (χ1v) is 5.99. The molecular weight excluding hydrogens is 202 g/mol. The number of nitrogens with two attached hydrogens (primary N) is 1. The SMILES string of the molecule is CSCC[C@H](N)C(=O)S(=O)(=O)O. The van der Waals surface area contributed by atoms with Gasteiger partial charge in [-0.2, -0.15) is 20.2 Å². The lowest BCUT2D eigenvalue weighted by Gasteiger charge is -2.05. The maximum absolute atomic E-state index is 10.7. The van der Waals surface area contributed by atoms with Gasteiger partial charge in [0.15, 0.2) is 0 Å². The van der Waals surface area contributed by atoms with Crippen LogP contribution in [0.15, 0.2) is 0 Å². The van der Waals surface area contributed by atoms with Crippen LogP contribution >= 0.6 is 11.8 Å². The van der Waals surface area contributed by atoms with Gasteiger partial charge in [-0.1, -0.05) is 0 Å². The Bertz CT molecular complexity index is 248. The molecule has 0 bridgehead atoms. The van der Waals surface area contributed by atoms with Crippen LogP contribution in [0.5, 0.6) is 0 Å². The summed E-state index contributed by atoms with van der Waals surface area (Å²) in [6.07, 6.45) is 2.06. The highest BCUT2D eigenvalue weighted by Crippen LogP contribution is 2.01. The fourth-order valence-electron chi connectivity index (χ4n) is 0.554. The van der Waals surface area contributed by atoms with Crippen LogP contribution in [0, 0.1) is 0 Å². The molecule has 12 heavy (non-hydrogen) atoms. The lowest BCUT2D eigenvalue weighted by atomic mass is 10.3. The lowest BCUT2D eigenvalue weighted by molar-refractivity contribution is -0.113. The van der Waals surface area contributed by atoms with Crippen molar-refractivity contribution in [2.75, 3.05) is 12.0 Å². The minimum absolute atomic E-state index is 0.250. The molecule has 0 aliphatic carbocycles. The molecule has 0 radical (unpaired) electrons. The quantitative estimate of drug-likeness (QED) is 0.610. The molecule has 0 heterocycles. The molecule has 0 aromatic rings. The van der Waals surface area contributed by atoms with E-state index in [2.05, 4.69) is 0 Å². The minimum Gasteiger partial charge on any atom is -0.320 e. The second kappa shape index (κ2) is 4.80. The van der Waals surface area contributed by atoms with Crippen LogP contribution < -0.4 is 5.73 Å². The van der Waals surface area contributed by atoms with Crippen molar-refractivity contribution in [1.82, 2.24) is 0 Å². The van der Waals surface area contributed by atoms with Crippen molar-refractivity contribution in [1.29, 1.82) is 0 Å². The molecule has 0 amide bonds. The number of rotatable bonds is 4. The summed E-state index contributed by atoms with van der Waals surface area (Å²) in [5.41, 5.74) is 5.19. The molecule has 0 rings (SSSR count). The molecule has 3 N–H and O–H groups in total. The predicted molar refractivity (Wildman–Crippen MR) is 47.5 cm³/mol. The maximum Gasteiger partial charge on any atom is 0.330 e. The number of thioether (sulfide) groups is 1. The first kappa shape index (κ1) is 11.9. The first-order chi connectivity index (χ1) is 5.39. The zero-order chi connectivity index (χ0) is 9.78. The molecular formula is C5H11NO4S2. The van der Waals surface area contributed by atoms with Gasteiger partial charge in [0, 0.05) is 0 Å². The van der Waals surface area contributed by atoms with Crippen LogP contribution in [0.4, 0.5) is 0 Å². The van der Waals surface area contributed by atoms with Crippen molar-refractivity contribution in [3.8, 4) is 0 Å². The van der Waals surface area contributed by atoms with Gasteiger partial charge in [-0.15, -0.1) is 0 Å². The van der Waals surface area contributed by atoms with Gasteiger partial charge in [0.2, 0.25) is 0 Å². The molecule has 72 valence electrons. The van der Waals surface area contributed by atoms with Crippen molar-refractivity contribution in [3.63, 3.8) is 0 Å². The highest BCUT2D eigenvalue weighted by atomic mass is 32.2. The predicted octanol–water partition coefficient (Wildman–Crippen LogP) is -0.519. The third-order valence-corrected chi connectivity index (χ3v) is 2.65. The summed E-state index contributed by atoms with van der Waals surface area (Å²) >= 11 is 1.45. The molecule has 0 aromatic carbocycles. The van der Waals surface area contributed by atoms with E-state index in [4.69, 9.17) is 10.3 Å². The zero-order valence-electron chi connectivity index (χ0n) is 6.56. The van der Waals surface area contributed by atoms with Crippen LogP contribution in [0.1, 0.15) is 6.42 Å². The highest BCUT2D eigenvalue weighted by Gasteiger charge is 2.25. The molecule has 0 aliphatic heterocycles. The maximum atomic E-state index is 10.7. The van der Waals surface area contributed by atoms with E-state index in [0.717, 1.165) is 0 Å². The number of carbonyl (C=O) groups is 1. The topological polar surface area (TPSA) is 97.5 Å². The third kappa shape index (κ3) is 4.05. The minimum atomic E-state index is -4.61. The van der Waals surface area contributed by atoms with E-state index in [1.165, 1.54) is 11.8 Å². The molecule has 0 spiro atoms. The Morgan fingerprint density at radius 2 is 2.17 bits per heavy atom. The van der Waals surface area contributed by atoms with Gasteiger partial charge in [-0.25, -0.2) is 0 Å². The Morgan fingerprint density at radius 1 is 1.67 bits per heavy atom. The first-order valence-electron chi connectivity index (χ1n) is 3.15. The van der Waals surface area contributed by atoms with Gasteiger partial charge in [0.1, 0.15) is 0 Å². The van der Waals surface area contributed by atoms with E-state index in [9.17, 15) is 13.2 Å². The number of hydrogen-bond acceptors (Lipinski definition) is 5. The summed E-state index contributed by atoms with van der Waals surface area (Å²) in [7, 11) is -4.61. The van der Waals surface area contributed by atoms with E-state index in [1.807, 2.05) is 6.26 Å². The van der Waals surface area contributed by atoms with Gasteiger partial charge >= 0.3 is 10.1 Å². The average molecular weight is 213 g/mol. The van der Waals surface area contributed by atoms with Crippen molar-refractivity contribution < 1.29 is 17.8 Å². The molecule has 0 aliphatic rings. The van der Waals surface area contributed by atoms with E-state index >= 15 is 0 Å². The van der Waals surface area contributed by atoms with Crippen molar-refractivity contribution in [2.24, 2.45) is 5.73 Å². The molecule has 0 aromatic heterocycles. The largest absolute Gasteiger partial charge is 0.330 e. The molecule has 0 saturated carbocycles. The Kier molecular flexibility index (Phi) is 4.76. The van der Waals surface area contributed by atoms with Crippen LogP contribution in [0.3, 0.4) is 0 Å². The van der Waals surface area contributed by atoms with Gasteiger partial charge in [-0.3, -0.25) is 9.35 Å². The van der Waals surface area contributed by atoms with Crippen LogP contribution in [0.25, 0.3) is 0 Å². The van der Waals surface area contributed by atoms with Crippen molar-refractivity contribution in [3.05, 3.63) is 0 Å². The molecule has 0 saturated heterocycles. The Hall–Kier alpha value is -0.110. The highest BCUT2D eigenvalue weighted by molar-refractivity contribution is 8.01. The second-order valence-corrected chi connectivity index (χ2v) is 4.52. The smallest absolute Gasteiger partial charge is 0.320 e. The summed E-state index contributed by atoms with van der Waals surface area (Å²) in [5.74, 6) is 0.586. The Labute approximate surface area is 75.5 Å². The van der Waals surface area contributed by atoms with Crippen LogP contribution in [-0.2, 0) is 14.9 Å². The van der Waals surface area contributed by atoms with Gasteiger partial charge in [-0.05, 0) is 18.4 Å². The molecule has 0 unspecified atom stereocenters. The lowest BCUT2D eigenvalue weighted by Crippen LogP contribution is -2.36. The van der Waals surface area contributed by atoms with Gasteiger partial charge in [0.05, 0.1) is 6.04 Å². The number of carbonyl (C=O) groups excluding carboxylic acids is 1. The van der Waals surface area contributed by atoms with Crippen molar-refractivity contribution >= 4 is 27.0 Å². The summed E-state index contributed by atoms with van der Waals surface area (Å²) < 4.78 is 28.8. The fourth-order valence-corrected chi connectivity index (χ4v) is 1.54. The van der Waals surface area contributed by atoms with E-state index in [0.29, 0.717) is 5.75 Å². The zero-order valence-corrected chi connectivity index (χ0v) is 8.19. The van der Waals surface area contributed by atoms with Gasteiger partial charge in [0.25, 0.3) is 5.12 Å². The summed E-state index contributed by atoms with van der Waals surface area (Å²) in [5, 5.41) is -1.31. The Balaban J connectivity index is 4.12. The van der Waals surface area contributed by atoms with Crippen molar-refractivity contribution in [2.45, 2.75) is 12.5 Å². The Morgan fingerprint density at radius 3 is 2.50 bits per heavy atom. The second-order valence-electron chi connectivity index (χ2n) is 2.18. The molecule has 0 fully saturated rings. The fraction of sp³-hybridized carbons (Fsp3) is 0.800. The van der Waals surface area contributed by atoms with E-state index < -0.39 is 21.3 Å². The monoisotopic (exact) mass is 213 g/mol. The van der Waals surface area contributed by atoms with E-state index in [1.54, 1.807) is 0 Å². The molecule has 1 atom stereocenters. The number of hydrogen-bond donors (Lipinski definition) is 2. The summed E-state index contributed by atoms with van der Waals surface area (Å²) in [4.78, 5) is 10.7. The molecule has 7 heteroatoms. The standard InChI is InChI=1S/C5H11NO4S2/c1-11-3-2-4(6)5(7)12(8,9)10/h4H,2-3,6H2,1H3,(H,8,9,10)/t4-/m0/s1. The van der Waals surface area contributed by atoms with Crippen LogP contribution in [-0.4, -0.2) is 36.1 Å². The average Bonchev–Trinajstić information content (AvgIpc) is 1.97. The van der Waals surface area contributed by atoms with Gasteiger partial charge < -0.3 is 5.73 Å². The van der Waals surface area contributed by atoms with E-state index in [-0.39, 0.29) is 6.42 Å². The summed E-state index contributed by atoms with van der Waals surface area (Å²) in [6.45, 7) is 0. The normalized spacial score (nSPS) is 14.2. The third-order valence-electron chi connectivity index (χ3n) is 1.19. The van der Waals surface area contributed by atoms with Crippen LogP contribution in [0.2, 0.25) is 0 Å². The molecule has 5 nitrogen and oxygen atoms in total.